The van der Waals surface area contributed by atoms with Crippen LogP contribution in [0.4, 0.5) is 5.82 Å². The van der Waals surface area contributed by atoms with E-state index in [0.717, 1.165) is 22.1 Å². The van der Waals surface area contributed by atoms with Crippen LogP contribution in [0, 0.1) is 6.92 Å². The number of imidazole rings is 1. The first-order chi connectivity index (χ1) is 14.1. The van der Waals surface area contributed by atoms with Gasteiger partial charge in [0.15, 0.2) is 5.16 Å². The molecule has 0 unspecified atom stereocenters. The smallest absolute Gasteiger partial charge is 0.236 e. The van der Waals surface area contributed by atoms with Crippen LogP contribution in [0.25, 0.3) is 16.9 Å². The average molecular weight is 404 g/mol. The third-order valence-electron chi connectivity index (χ3n) is 4.43. The van der Waals surface area contributed by atoms with E-state index in [1.807, 2.05) is 66.3 Å². The van der Waals surface area contributed by atoms with Crippen molar-refractivity contribution in [1.29, 1.82) is 0 Å². The lowest BCUT2D eigenvalue weighted by atomic mass is 10.1. The molecule has 0 atom stereocenters. The standard InChI is InChI=1S/C22H21N5OS/c1-16-8-10-17(11-9-16)19-14-20(27(25-19)18-6-4-3-5-7-18)24-21(28)15-29-22-23-12-13-26(22)2/h3-14H,15H2,1-2H3,(H,24,28). The maximum atomic E-state index is 12.6. The molecule has 0 saturated carbocycles. The van der Waals surface area contributed by atoms with E-state index in [-0.39, 0.29) is 11.7 Å². The maximum Gasteiger partial charge on any atom is 0.236 e. The van der Waals surface area contributed by atoms with Crippen molar-refractivity contribution in [3.63, 3.8) is 0 Å². The van der Waals surface area contributed by atoms with Crippen LogP contribution in [0.15, 0.2) is 78.2 Å². The van der Waals surface area contributed by atoms with E-state index in [2.05, 4.69) is 29.4 Å². The largest absolute Gasteiger partial charge is 0.329 e. The molecular weight excluding hydrogens is 382 g/mol. The molecule has 0 aliphatic heterocycles. The van der Waals surface area contributed by atoms with Crippen molar-refractivity contribution in [3.05, 3.63) is 78.6 Å². The molecule has 0 saturated heterocycles. The van der Waals surface area contributed by atoms with Gasteiger partial charge in [-0.1, -0.05) is 59.8 Å². The summed E-state index contributed by atoms with van der Waals surface area (Å²) in [5.74, 6) is 0.799. The molecule has 2 aromatic carbocycles. The number of carbonyl (C=O) groups excluding carboxylic acids is 1. The molecule has 0 fully saturated rings. The van der Waals surface area contributed by atoms with Crippen molar-refractivity contribution in [1.82, 2.24) is 19.3 Å². The van der Waals surface area contributed by atoms with Gasteiger partial charge < -0.3 is 9.88 Å². The van der Waals surface area contributed by atoms with Crippen molar-refractivity contribution < 1.29 is 4.79 Å². The summed E-state index contributed by atoms with van der Waals surface area (Å²) < 4.78 is 3.65. The van der Waals surface area contributed by atoms with E-state index in [1.165, 1.54) is 17.3 Å². The summed E-state index contributed by atoms with van der Waals surface area (Å²) >= 11 is 1.40. The molecule has 2 heterocycles. The second-order valence-electron chi connectivity index (χ2n) is 6.69. The van der Waals surface area contributed by atoms with Gasteiger partial charge in [-0.15, -0.1) is 0 Å². The average Bonchev–Trinajstić information content (AvgIpc) is 3.34. The van der Waals surface area contributed by atoms with E-state index >= 15 is 0 Å². The second-order valence-corrected chi connectivity index (χ2v) is 7.63. The Morgan fingerprint density at radius 3 is 2.55 bits per heavy atom. The fraction of sp³-hybridized carbons (Fsp3) is 0.136. The number of amides is 1. The number of hydrogen-bond acceptors (Lipinski definition) is 4. The number of para-hydroxylation sites is 1. The summed E-state index contributed by atoms with van der Waals surface area (Å²) in [7, 11) is 1.91. The first-order valence-electron chi connectivity index (χ1n) is 9.22. The normalized spacial score (nSPS) is 10.8. The molecule has 6 nitrogen and oxygen atoms in total. The lowest BCUT2D eigenvalue weighted by Gasteiger charge is -2.08. The molecule has 0 aliphatic carbocycles. The Hall–Kier alpha value is -3.32. The summed E-state index contributed by atoms with van der Waals surface area (Å²) in [5.41, 5.74) is 3.89. The number of aryl methyl sites for hydroxylation is 2. The summed E-state index contributed by atoms with van der Waals surface area (Å²) in [5, 5.41) is 8.54. The minimum atomic E-state index is -0.106. The SMILES string of the molecule is Cc1ccc(-c2cc(NC(=O)CSc3nccn3C)n(-c3ccccc3)n2)cc1. The van der Waals surface area contributed by atoms with Crippen LogP contribution in [0.5, 0.6) is 0 Å². The summed E-state index contributed by atoms with van der Waals surface area (Å²) in [6.45, 7) is 2.05. The Bertz CT molecular complexity index is 1120. The molecule has 4 aromatic rings. The van der Waals surface area contributed by atoms with E-state index in [9.17, 15) is 4.79 Å². The predicted octanol–water partition coefficient (Wildman–Crippen LogP) is 4.31. The number of anilines is 1. The molecule has 29 heavy (non-hydrogen) atoms. The highest BCUT2D eigenvalue weighted by Crippen LogP contribution is 2.25. The van der Waals surface area contributed by atoms with Crippen molar-refractivity contribution >= 4 is 23.5 Å². The fourth-order valence-electron chi connectivity index (χ4n) is 2.90. The molecule has 0 spiro atoms. The number of carbonyl (C=O) groups is 1. The summed E-state index contributed by atoms with van der Waals surface area (Å²) in [6.07, 6.45) is 3.58. The van der Waals surface area contributed by atoms with E-state index < -0.39 is 0 Å². The minimum absolute atomic E-state index is 0.106. The molecule has 0 aliphatic rings. The number of benzene rings is 2. The zero-order valence-corrected chi connectivity index (χ0v) is 17.1. The molecule has 2 aromatic heterocycles. The van der Waals surface area contributed by atoms with Gasteiger partial charge in [-0.25, -0.2) is 9.67 Å². The highest BCUT2D eigenvalue weighted by atomic mass is 32.2. The van der Waals surface area contributed by atoms with E-state index in [4.69, 9.17) is 5.10 Å². The zero-order valence-electron chi connectivity index (χ0n) is 16.2. The van der Waals surface area contributed by atoms with Gasteiger partial charge in [0.2, 0.25) is 5.91 Å². The molecule has 4 rings (SSSR count). The Labute approximate surface area is 173 Å². The number of nitrogens with zero attached hydrogens (tertiary/aromatic N) is 4. The summed E-state index contributed by atoms with van der Waals surface area (Å²) in [6, 6.07) is 19.9. The monoisotopic (exact) mass is 403 g/mol. The Balaban J connectivity index is 1.59. The van der Waals surface area contributed by atoms with Gasteiger partial charge in [0.1, 0.15) is 5.82 Å². The highest BCUT2D eigenvalue weighted by molar-refractivity contribution is 7.99. The van der Waals surface area contributed by atoms with Gasteiger partial charge in [-0.05, 0) is 19.1 Å². The van der Waals surface area contributed by atoms with Gasteiger partial charge in [0.25, 0.3) is 0 Å². The van der Waals surface area contributed by atoms with Crippen LogP contribution in [-0.2, 0) is 11.8 Å². The Morgan fingerprint density at radius 1 is 1.10 bits per heavy atom. The first kappa shape index (κ1) is 19.0. The first-order valence-corrected chi connectivity index (χ1v) is 10.2. The number of aromatic nitrogens is 4. The minimum Gasteiger partial charge on any atom is -0.329 e. The highest BCUT2D eigenvalue weighted by Gasteiger charge is 2.14. The lowest BCUT2D eigenvalue weighted by molar-refractivity contribution is -0.113. The molecule has 1 amide bonds. The third-order valence-corrected chi connectivity index (χ3v) is 5.49. The predicted molar refractivity (Wildman–Crippen MR) is 116 cm³/mol. The Kier molecular flexibility index (Phi) is 5.48. The van der Waals surface area contributed by atoms with Crippen LogP contribution in [-0.4, -0.2) is 31.0 Å². The van der Waals surface area contributed by atoms with Gasteiger partial charge >= 0.3 is 0 Å². The fourth-order valence-corrected chi connectivity index (χ4v) is 3.63. The van der Waals surface area contributed by atoms with Crippen LogP contribution in [0.1, 0.15) is 5.56 Å². The van der Waals surface area contributed by atoms with Gasteiger partial charge in [0.05, 0.1) is 17.1 Å². The lowest BCUT2D eigenvalue weighted by Crippen LogP contribution is -2.17. The van der Waals surface area contributed by atoms with Gasteiger partial charge in [-0.3, -0.25) is 4.79 Å². The number of rotatable bonds is 6. The molecule has 1 N–H and O–H groups in total. The van der Waals surface area contributed by atoms with Crippen molar-refractivity contribution in [2.24, 2.45) is 7.05 Å². The second kappa shape index (κ2) is 8.36. The van der Waals surface area contributed by atoms with Crippen molar-refractivity contribution in [2.45, 2.75) is 12.1 Å². The molecule has 7 heteroatoms. The van der Waals surface area contributed by atoms with Gasteiger partial charge in [-0.2, -0.15) is 5.10 Å². The van der Waals surface area contributed by atoms with Crippen molar-refractivity contribution in [3.8, 4) is 16.9 Å². The zero-order chi connectivity index (χ0) is 20.2. The molecular formula is C22H21N5OS. The molecule has 0 bridgehead atoms. The van der Waals surface area contributed by atoms with Crippen LogP contribution in [0.3, 0.4) is 0 Å². The number of hydrogen-bond donors (Lipinski definition) is 1. The topological polar surface area (TPSA) is 64.7 Å². The number of thioether (sulfide) groups is 1. The Morgan fingerprint density at radius 2 is 1.86 bits per heavy atom. The van der Waals surface area contributed by atoms with Crippen LogP contribution < -0.4 is 5.32 Å². The quantitative estimate of drug-likeness (QED) is 0.487. The van der Waals surface area contributed by atoms with Gasteiger partial charge in [0, 0.05) is 31.1 Å². The number of nitrogens with one attached hydrogen (secondary N) is 1. The van der Waals surface area contributed by atoms with Crippen molar-refractivity contribution in [2.75, 3.05) is 11.1 Å². The van der Waals surface area contributed by atoms with E-state index in [0.29, 0.717) is 5.82 Å². The molecule has 146 valence electrons. The maximum absolute atomic E-state index is 12.6. The van der Waals surface area contributed by atoms with E-state index in [1.54, 1.807) is 10.9 Å². The third kappa shape index (κ3) is 4.41. The van der Waals surface area contributed by atoms with Crippen LogP contribution >= 0.6 is 11.8 Å². The molecule has 0 radical (unpaired) electrons. The van der Waals surface area contributed by atoms with Crippen LogP contribution in [0.2, 0.25) is 0 Å². The summed E-state index contributed by atoms with van der Waals surface area (Å²) in [4.78, 5) is 16.8.